The quantitative estimate of drug-likeness (QED) is 0.777. The highest BCUT2D eigenvalue weighted by atomic mass is 19.4. The van der Waals surface area contributed by atoms with Crippen LogP contribution in [0.5, 0.6) is 0 Å². The lowest BCUT2D eigenvalue weighted by Gasteiger charge is -2.07. The molecule has 1 aromatic rings. The Kier molecular flexibility index (Phi) is 4.62. The molecule has 96 valence electrons. The lowest BCUT2D eigenvalue weighted by Crippen LogP contribution is -2.07. The van der Waals surface area contributed by atoms with Crippen molar-refractivity contribution in [3.63, 3.8) is 0 Å². The summed E-state index contributed by atoms with van der Waals surface area (Å²) in [7, 11) is 0. The van der Waals surface area contributed by atoms with Gasteiger partial charge in [0.25, 0.3) is 0 Å². The molecule has 0 spiro atoms. The Labute approximate surface area is 100 Å². The van der Waals surface area contributed by atoms with Gasteiger partial charge < -0.3 is 4.84 Å². The summed E-state index contributed by atoms with van der Waals surface area (Å²) >= 11 is 0. The smallest absolute Gasteiger partial charge is 0.395 e. The number of halogens is 3. The molecule has 1 heterocycles. The number of carbonyl (C=O) groups excluding carboxylic acids is 2. The van der Waals surface area contributed by atoms with E-state index in [0.29, 0.717) is 24.3 Å². The standard InChI is InChI=1S/C10H8F3NO.CO2/c11-10(12,13)8-3-1-2-7(6-8)9-4-5-15-14-9;2-1-3/h1-3,6H,4-5H2;. The van der Waals surface area contributed by atoms with E-state index in [9.17, 15) is 13.2 Å². The monoisotopic (exact) mass is 259 g/mol. The van der Waals surface area contributed by atoms with Crippen LogP contribution in [0.2, 0.25) is 0 Å². The van der Waals surface area contributed by atoms with Gasteiger partial charge in [0, 0.05) is 12.0 Å². The maximum absolute atomic E-state index is 12.4. The number of rotatable bonds is 1. The highest BCUT2D eigenvalue weighted by molar-refractivity contribution is 6.01. The van der Waals surface area contributed by atoms with Crippen LogP contribution in [-0.4, -0.2) is 18.5 Å². The molecular weight excluding hydrogens is 251 g/mol. The van der Waals surface area contributed by atoms with Crippen LogP contribution in [0.25, 0.3) is 0 Å². The summed E-state index contributed by atoms with van der Waals surface area (Å²) in [6, 6.07) is 5.11. The summed E-state index contributed by atoms with van der Waals surface area (Å²) in [4.78, 5) is 21.0. The van der Waals surface area contributed by atoms with Crippen molar-refractivity contribution in [3.05, 3.63) is 35.4 Å². The average Bonchev–Trinajstić information content (AvgIpc) is 2.82. The van der Waals surface area contributed by atoms with Gasteiger partial charge in [-0.2, -0.15) is 22.8 Å². The van der Waals surface area contributed by atoms with Crippen LogP contribution < -0.4 is 0 Å². The topological polar surface area (TPSA) is 55.7 Å². The predicted molar refractivity (Wildman–Crippen MR) is 53.6 cm³/mol. The molecule has 0 unspecified atom stereocenters. The maximum Gasteiger partial charge on any atom is 0.416 e. The predicted octanol–water partition coefficient (Wildman–Crippen LogP) is 2.25. The van der Waals surface area contributed by atoms with Crippen LogP contribution in [0.3, 0.4) is 0 Å². The summed E-state index contributed by atoms with van der Waals surface area (Å²) in [6.45, 7) is 0.436. The number of benzene rings is 1. The first-order valence-corrected chi connectivity index (χ1v) is 4.84. The molecular formula is C11H8F3NO3. The van der Waals surface area contributed by atoms with Crippen LogP contribution in [0.1, 0.15) is 17.5 Å². The van der Waals surface area contributed by atoms with Crippen molar-refractivity contribution in [2.75, 3.05) is 6.61 Å². The Morgan fingerprint density at radius 2 is 1.94 bits per heavy atom. The molecule has 0 aliphatic carbocycles. The molecule has 0 saturated carbocycles. The Bertz CT molecular complexity index is 477. The Balaban J connectivity index is 0.000000492. The van der Waals surface area contributed by atoms with Crippen LogP contribution in [0, 0.1) is 0 Å². The summed E-state index contributed by atoms with van der Waals surface area (Å²) in [5.41, 5.74) is 0.387. The van der Waals surface area contributed by atoms with Gasteiger partial charge in [0.1, 0.15) is 6.61 Å². The molecule has 7 heteroatoms. The van der Waals surface area contributed by atoms with Gasteiger partial charge in [-0.3, -0.25) is 0 Å². The van der Waals surface area contributed by atoms with Gasteiger partial charge in [0.2, 0.25) is 0 Å². The number of alkyl halides is 3. The van der Waals surface area contributed by atoms with E-state index in [4.69, 9.17) is 14.4 Å². The molecule has 4 nitrogen and oxygen atoms in total. The minimum atomic E-state index is -4.31. The van der Waals surface area contributed by atoms with Crippen LogP contribution >= 0.6 is 0 Å². The number of hydrogen-bond acceptors (Lipinski definition) is 4. The fourth-order valence-electron chi connectivity index (χ4n) is 1.38. The van der Waals surface area contributed by atoms with Crippen molar-refractivity contribution in [1.29, 1.82) is 0 Å². The van der Waals surface area contributed by atoms with Gasteiger partial charge in [-0.05, 0) is 12.1 Å². The summed E-state index contributed by atoms with van der Waals surface area (Å²) in [6.07, 6.45) is -3.50. The lowest BCUT2D eigenvalue weighted by molar-refractivity contribution is -0.191. The van der Waals surface area contributed by atoms with Crippen molar-refractivity contribution >= 4 is 11.9 Å². The third-order valence-electron chi connectivity index (χ3n) is 2.13. The van der Waals surface area contributed by atoms with E-state index >= 15 is 0 Å². The van der Waals surface area contributed by atoms with Gasteiger partial charge >= 0.3 is 12.3 Å². The third-order valence-corrected chi connectivity index (χ3v) is 2.13. The van der Waals surface area contributed by atoms with E-state index in [0.717, 1.165) is 12.1 Å². The summed E-state index contributed by atoms with van der Waals surface area (Å²) < 4.78 is 37.2. The zero-order chi connectivity index (χ0) is 13.6. The van der Waals surface area contributed by atoms with E-state index < -0.39 is 11.7 Å². The lowest BCUT2D eigenvalue weighted by atomic mass is 10.0. The molecule has 0 fully saturated rings. The SMILES string of the molecule is FC(F)(F)c1cccc(C2=NOCC2)c1.O=C=O. The molecule has 0 saturated heterocycles. The molecule has 1 aliphatic heterocycles. The van der Waals surface area contributed by atoms with E-state index in [1.54, 1.807) is 6.07 Å². The van der Waals surface area contributed by atoms with Crippen LogP contribution in [0.15, 0.2) is 29.4 Å². The van der Waals surface area contributed by atoms with E-state index in [-0.39, 0.29) is 6.15 Å². The van der Waals surface area contributed by atoms with E-state index in [1.807, 2.05) is 0 Å². The van der Waals surface area contributed by atoms with E-state index in [1.165, 1.54) is 6.07 Å². The van der Waals surface area contributed by atoms with E-state index in [2.05, 4.69) is 5.16 Å². The minimum Gasteiger partial charge on any atom is -0.395 e. The second-order valence-corrected chi connectivity index (χ2v) is 3.28. The molecule has 0 atom stereocenters. The van der Waals surface area contributed by atoms with Crippen molar-refractivity contribution < 1.29 is 27.6 Å². The van der Waals surface area contributed by atoms with Gasteiger partial charge in [-0.15, -0.1) is 0 Å². The van der Waals surface area contributed by atoms with Crippen LogP contribution in [-0.2, 0) is 20.6 Å². The highest BCUT2D eigenvalue weighted by Crippen LogP contribution is 2.30. The van der Waals surface area contributed by atoms with Gasteiger partial charge in [0.05, 0.1) is 11.3 Å². The third kappa shape index (κ3) is 3.71. The minimum absolute atomic E-state index is 0.250. The average molecular weight is 259 g/mol. The van der Waals surface area contributed by atoms with Crippen LogP contribution in [0.4, 0.5) is 13.2 Å². The molecule has 18 heavy (non-hydrogen) atoms. The van der Waals surface area contributed by atoms with Crippen molar-refractivity contribution in [2.45, 2.75) is 12.6 Å². The number of oxime groups is 1. The summed E-state index contributed by atoms with van der Waals surface area (Å²) in [5, 5.41) is 3.68. The van der Waals surface area contributed by atoms with Gasteiger partial charge in [-0.25, -0.2) is 0 Å². The molecule has 0 amide bonds. The highest BCUT2D eigenvalue weighted by Gasteiger charge is 2.30. The molecule has 0 aromatic heterocycles. The fraction of sp³-hybridized carbons (Fsp3) is 0.273. The zero-order valence-corrected chi connectivity index (χ0v) is 9.03. The second kappa shape index (κ2) is 5.97. The zero-order valence-electron chi connectivity index (χ0n) is 9.03. The van der Waals surface area contributed by atoms with Crippen molar-refractivity contribution in [3.8, 4) is 0 Å². The van der Waals surface area contributed by atoms with Crippen molar-refractivity contribution in [1.82, 2.24) is 0 Å². The fourth-order valence-corrected chi connectivity index (χ4v) is 1.38. The maximum atomic E-state index is 12.4. The molecule has 1 aromatic carbocycles. The first kappa shape index (κ1) is 13.9. The molecule has 2 rings (SSSR count). The Morgan fingerprint density at radius 1 is 1.28 bits per heavy atom. The molecule has 1 aliphatic rings. The molecule has 0 bridgehead atoms. The van der Waals surface area contributed by atoms with Gasteiger partial charge in [-0.1, -0.05) is 17.3 Å². The number of nitrogens with zero attached hydrogens (tertiary/aromatic N) is 1. The Hall–Kier alpha value is -2.14. The van der Waals surface area contributed by atoms with Crippen molar-refractivity contribution in [2.24, 2.45) is 5.16 Å². The first-order valence-electron chi connectivity index (χ1n) is 4.84. The largest absolute Gasteiger partial charge is 0.416 e. The normalized spacial score (nSPS) is 13.8. The number of hydrogen-bond donors (Lipinski definition) is 0. The molecule has 0 N–H and O–H groups in total. The Morgan fingerprint density at radius 3 is 2.44 bits per heavy atom. The second-order valence-electron chi connectivity index (χ2n) is 3.28. The first-order chi connectivity index (χ1) is 8.49. The van der Waals surface area contributed by atoms with Gasteiger partial charge in [0.15, 0.2) is 0 Å². The molecule has 0 radical (unpaired) electrons. The summed E-state index contributed by atoms with van der Waals surface area (Å²) in [5.74, 6) is 0.